The van der Waals surface area contributed by atoms with Crippen LogP contribution in [0.25, 0.3) is 0 Å². The SMILES string of the molecule is CC(C)[C@H]1C[C@@H](C)C(=O)O1. The Hall–Kier alpha value is -0.530. The van der Waals surface area contributed by atoms with Crippen LogP contribution in [0.2, 0.25) is 0 Å². The van der Waals surface area contributed by atoms with Crippen molar-refractivity contribution in [3.8, 4) is 0 Å². The Bertz CT molecular complexity index is 140. The van der Waals surface area contributed by atoms with Crippen LogP contribution in [-0.2, 0) is 9.53 Å². The highest BCUT2D eigenvalue weighted by molar-refractivity contribution is 5.74. The van der Waals surface area contributed by atoms with Crippen molar-refractivity contribution in [2.24, 2.45) is 11.8 Å². The average molecular weight is 142 g/mol. The second-order valence-corrected chi connectivity index (χ2v) is 3.36. The highest BCUT2D eigenvalue weighted by Gasteiger charge is 2.32. The predicted octanol–water partition coefficient (Wildman–Crippen LogP) is 1.59. The van der Waals surface area contributed by atoms with Gasteiger partial charge < -0.3 is 4.74 Å². The molecule has 0 aromatic rings. The summed E-state index contributed by atoms with van der Waals surface area (Å²) < 4.78 is 5.10. The molecular weight excluding hydrogens is 128 g/mol. The lowest BCUT2D eigenvalue weighted by atomic mass is 10.00. The van der Waals surface area contributed by atoms with Gasteiger partial charge in [-0.15, -0.1) is 0 Å². The topological polar surface area (TPSA) is 26.3 Å². The maximum Gasteiger partial charge on any atom is 0.309 e. The molecule has 0 N–H and O–H groups in total. The number of cyclic esters (lactones) is 1. The van der Waals surface area contributed by atoms with Crippen LogP contribution in [0, 0.1) is 11.8 Å². The third kappa shape index (κ3) is 1.31. The molecule has 2 nitrogen and oxygen atoms in total. The first-order valence-electron chi connectivity index (χ1n) is 3.81. The van der Waals surface area contributed by atoms with E-state index < -0.39 is 0 Å². The fourth-order valence-electron chi connectivity index (χ4n) is 1.17. The minimum Gasteiger partial charge on any atom is -0.462 e. The summed E-state index contributed by atoms with van der Waals surface area (Å²) in [5.74, 6) is 0.556. The number of ether oxygens (including phenoxy) is 1. The Morgan fingerprint density at radius 1 is 1.60 bits per heavy atom. The molecule has 1 aliphatic rings. The van der Waals surface area contributed by atoms with E-state index in [2.05, 4.69) is 13.8 Å². The van der Waals surface area contributed by atoms with Crippen molar-refractivity contribution in [3.63, 3.8) is 0 Å². The molecule has 2 atom stereocenters. The standard InChI is InChI=1S/C8H14O2/c1-5(2)7-4-6(3)8(9)10-7/h5-7H,4H2,1-3H3/t6-,7-/m1/s1. The molecule has 0 aromatic carbocycles. The van der Waals surface area contributed by atoms with Crippen LogP contribution in [0.5, 0.6) is 0 Å². The molecule has 0 bridgehead atoms. The highest BCUT2D eigenvalue weighted by Crippen LogP contribution is 2.25. The smallest absolute Gasteiger partial charge is 0.309 e. The minimum absolute atomic E-state index is 0.0290. The predicted molar refractivity (Wildman–Crippen MR) is 38.5 cm³/mol. The van der Waals surface area contributed by atoms with Gasteiger partial charge >= 0.3 is 5.97 Å². The van der Waals surface area contributed by atoms with Crippen molar-refractivity contribution in [1.29, 1.82) is 0 Å². The summed E-state index contributed by atoms with van der Waals surface area (Å²) in [5.41, 5.74) is 0. The van der Waals surface area contributed by atoms with Gasteiger partial charge in [-0.05, 0) is 12.3 Å². The van der Waals surface area contributed by atoms with Crippen LogP contribution < -0.4 is 0 Å². The largest absolute Gasteiger partial charge is 0.462 e. The van der Waals surface area contributed by atoms with Crippen molar-refractivity contribution < 1.29 is 9.53 Å². The van der Waals surface area contributed by atoms with E-state index in [4.69, 9.17) is 4.74 Å². The zero-order valence-electron chi connectivity index (χ0n) is 6.76. The van der Waals surface area contributed by atoms with E-state index in [1.165, 1.54) is 0 Å². The van der Waals surface area contributed by atoms with Crippen molar-refractivity contribution in [2.75, 3.05) is 0 Å². The van der Waals surface area contributed by atoms with E-state index >= 15 is 0 Å². The zero-order valence-corrected chi connectivity index (χ0v) is 6.76. The van der Waals surface area contributed by atoms with Crippen molar-refractivity contribution in [2.45, 2.75) is 33.3 Å². The van der Waals surface area contributed by atoms with Crippen LogP contribution in [-0.4, -0.2) is 12.1 Å². The van der Waals surface area contributed by atoms with E-state index in [0.29, 0.717) is 5.92 Å². The molecule has 0 saturated carbocycles. The van der Waals surface area contributed by atoms with E-state index in [-0.39, 0.29) is 18.0 Å². The molecule has 0 radical (unpaired) electrons. The van der Waals surface area contributed by atoms with Gasteiger partial charge in [0.25, 0.3) is 0 Å². The van der Waals surface area contributed by atoms with Gasteiger partial charge in [0.2, 0.25) is 0 Å². The molecule has 0 amide bonds. The first-order chi connectivity index (χ1) is 4.61. The third-order valence-corrected chi connectivity index (χ3v) is 2.00. The fourth-order valence-corrected chi connectivity index (χ4v) is 1.17. The van der Waals surface area contributed by atoms with Gasteiger partial charge in [0.1, 0.15) is 6.10 Å². The van der Waals surface area contributed by atoms with E-state index in [0.717, 1.165) is 6.42 Å². The summed E-state index contributed by atoms with van der Waals surface area (Å²) in [6, 6.07) is 0. The number of hydrogen-bond acceptors (Lipinski definition) is 2. The van der Waals surface area contributed by atoms with Gasteiger partial charge in [-0.25, -0.2) is 0 Å². The molecule has 1 fully saturated rings. The Labute approximate surface area is 61.6 Å². The lowest BCUT2D eigenvalue weighted by Gasteiger charge is -2.11. The van der Waals surface area contributed by atoms with E-state index in [9.17, 15) is 4.79 Å². The number of esters is 1. The van der Waals surface area contributed by atoms with Crippen molar-refractivity contribution in [1.82, 2.24) is 0 Å². The quantitative estimate of drug-likeness (QED) is 0.520. The molecule has 2 heteroatoms. The first kappa shape index (κ1) is 7.58. The van der Waals surface area contributed by atoms with Crippen LogP contribution in [0.3, 0.4) is 0 Å². The van der Waals surface area contributed by atoms with Crippen LogP contribution >= 0.6 is 0 Å². The average Bonchev–Trinajstić information content (AvgIpc) is 2.13. The van der Waals surface area contributed by atoms with Crippen LogP contribution in [0.15, 0.2) is 0 Å². The summed E-state index contributed by atoms with van der Waals surface area (Å²) in [5, 5.41) is 0. The molecular formula is C8H14O2. The monoisotopic (exact) mass is 142 g/mol. The Morgan fingerprint density at radius 3 is 2.40 bits per heavy atom. The molecule has 0 unspecified atom stereocenters. The first-order valence-corrected chi connectivity index (χ1v) is 3.81. The second-order valence-electron chi connectivity index (χ2n) is 3.36. The van der Waals surface area contributed by atoms with Crippen molar-refractivity contribution >= 4 is 5.97 Å². The highest BCUT2D eigenvalue weighted by atomic mass is 16.6. The number of hydrogen-bond donors (Lipinski definition) is 0. The molecule has 58 valence electrons. The van der Waals surface area contributed by atoms with Gasteiger partial charge in [-0.1, -0.05) is 20.8 Å². The van der Waals surface area contributed by atoms with E-state index in [1.54, 1.807) is 0 Å². The third-order valence-electron chi connectivity index (χ3n) is 2.00. The molecule has 0 spiro atoms. The zero-order chi connectivity index (χ0) is 7.72. The fraction of sp³-hybridized carbons (Fsp3) is 0.875. The van der Waals surface area contributed by atoms with Gasteiger partial charge in [0.05, 0.1) is 5.92 Å². The van der Waals surface area contributed by atoms with Crippen LogP contribution in [0.1, 0.15) is 27.2 Å². The van der Waals surface area contributed by atoms with E-state index in [1.807, 2.05) is 6.92 Å². The summed E-state index contributed by atoms with van der Waals surface area (Å²) in [6.45, 7) is 6.08. The molecule has 1 aliphatic heterocycles. The lowest BCUT2D eigenvalue weighted by Crippen LogP contribution is -2.13. The molecule has 1 saturated heterocycles. The van der Waals surface area contributed by atoms with Crippen LogP contribution in [0.4, 0.5) is 0 Å². The van der Waals surface area contributed by atoms with Gasteiger partial charge in [0.15, 0.2) is 0 Å². The number of carbonyl (C=O) groups is 1. The summed E-state index contributed by atoms with van der Waals surface area (Å²) in [6.07, 6.45) is 1.07. The van der Waals surface area contributed by atoms with Gasteiger partial charge in [-0.3, -0.25) is 4.79 Å². The Kier molecular flexibility index (Phi) is 1.97. The molecule has 1 heterocycles. The lowest BCUT2D eigenvalue weighted by molar-refractivity contribution is -0.145. The van der Waals surface area contributed by atoms with Crippen molar-refractivity contribution in [3.05, 3.63) is 0 Å². The maximum absolute atomic E-state index is 10.9. The summed E-state index contributed by atoms with van der Waals surface area (Å²) in [7, 11) is 0. The summed E-state index contributed by atoms with van der Waals surface area (Å²) >= 11 is 0. The Balaban J connectivity index is 2.49. The van der Waals surface area contributed by atoms with Gasteiger partial charge in [0, 0.05) is 0 Å². The minimum atomic E-state index is -0.0290. The molecule has 10 heavy (non-hydrogen) atoms. The number of carbonyl (C=O) groups excluding carboxylic acids is 1. The molecule has 0 aromatic heterocycles. The second kappa shape index (κ2) is 2.60. The van der Waals surface area contributed by atoms with Gasteiger partial charge in [-0.2, -0.15) is 0 Å². The molecule has 0 aliphatic carbocycles. The normalized spacial score (nSPS) is 33.0. The maximum atomic E-state index is 10.9. The summed E-state index contributed by atoms with van der Waals surface area (Å²) in [4.78, 5) is 10.9. The Morgan fingerprint density at radius 2 is 2.20 bits per heavy atom. The molecule has 1 rings (SSSR count). The number of rotatable bonds is 1.